The van der Waals surface area contributed by atoms with E-state index in [1.807, 2.05) is 0 Å². The fraction of sp³-hybridized carbons (Fsp3) is 1.00. The minimum Gasteiger partial charge on any atom is -0.237 e. The molecule has 8 heavy (non-hydrogen) atoms. The molecule has 0 heterocycles. The van der Waals surface area contributed by atoms with E-state index in [2.05, 4.69) is 0 Å². The van der Waals surface area contributed by atoms with Gasteiger partial charge in [0, 0.05) is 0 Å². The van der Waals surface area contributed by atoms with Gasteiger partial charge in [0.1, 0.15) is 0 Å². The summed E-state index contributed by atoms with van der Waals surface area (Å²) in [4.78, 5) is 0. The van der Waals surface area contributed by atoms with Crippen LogP contribution in [0.5, 0.6) is 0 Å². The van der Waals surface area contributed by atoms with Crippen molar-refractivity contribution < 1.29 is 9.13 Å². The van der Waals surface area contributed by atoms with Crippen LogP contribution in [0.15, 0.2) is 0 Å². The molecule has 0 atom stereocenters. The molecule has 1 saturated carbocycles. The van der Waals surface area contributed by atoms with E-state index < -0.39 is 7.68 Å². The molecule has 0 aromatic carbocycles. The Bertz CT molecular complexity index is 125. The van der Waals surface area contributed by atoms with Crippen LogP contribution >= 0.6 is 7.68 Å². The van der Waals surface area contributed by atoms with Crippen LogP contribution < -0.4 is 0 Å². The van der Waals surface area contributed by atoms with Gasteiger partial charge in [-0.1, -0.05) is 12.8 Å². The van der Waals surface area contributed by atoms with Crippen LogP contribution in [0, 0.1) is 0 Å². The molecule has 0 amide bonds. The van der Waals surface area contributed by atoms with Crippen molar-refractivity contribution in [2.24, 2.45) is 0 Å². The van der Waals surface area contributed by atoms with Gasteiger partial charge in [-0.25, -0.2) is 9.13 Å². The van der Waals surface area contributed by atoms with Crippen molar-refractivity contribution in [2.45, 2.75) is 31.3 Å². The molecular weight excluding hydrogens is 123 g/mol. The Balaban J connectivity index is 2.47. The number of hydrogen-bond donors (Lipinski definition) is 0. The lowest BCUT2D eigenvalue weighted by molar-refractivity contribution is 0.504. The highest BCUT2D eigenvalue weighted by molar-refractivity contribution is 7.31. The van der Waals surface area contributed by atoms with Crippen molar-refractivity contribution in [2.75, 3.05) is 0 Å². The van der Waals surface area contributed by atoms with Gasteiger partial charge in [-0.15, -0.1) is 0 Å². The summed E-state index contributed by atoms with van der Waals surface area (Å²) in [6.07, 6.45) is 4.01. The van der Waals surface area contributed by atoms with Crippen LogP contribution in [0.4, 0.5) is 0 Å². The zero-order valence-corrected chi connectivity index (χ0v) is 5.56. The molecule has 0 aliphatic heterocycles. The molecule has 1 aliphatic rings. The van der Waals surface area contributed by atoms with Crippen molar-refractivity contribution in [3.63, 3.8) is 0 Å². The molecule has 1 rings (SSSR count). The Morgan fingerprint density at radius 1 is 1.12 bits per heavy atom. The van der Waals surface area contributed by atoms with E-state index in [1.165, 1.54) is 0 Å². The third kappa shape index (κ3) is 1.19. The SMILES string of the molecule is O=P(=O)C1CCCC1. The smallest absolute Gasteiger partial charge is 0.237 e. The Labute approximate surface area is 49.1 Å². The second-order valence-corrected chi connectivity index (χ2v) is 3.52. The molecule has 0 aromatic rings. The van der Waals surface area contributed by atoms with Crippen LogP contribution in [0.2, 0.25) is 0 Å². The third-order valence-corrected chi connectivity index (χ3v) is 2.74. The maximum atomic E-state index is 10.2. The first-order valence-corrected chi connectivity index (χ1v) is 4.19. The molecule has 0 aromatic heterocycles. The van der Waals surface area contributed by atoms with Crippen LogP contribution in [-0.2, 0) is 9.13 Å². The fourth-order valence-corrected chi connectivity index (χ4v) is 1.90. The highest BCUT2D eigenvalue weighted by atomic mass is 31.1. The van der Waals surface area contributed by atoms with Gasteiger partial charge in [0.05, 0.1) is 5.66 Å². The van der Waals surface area contributed by atoms with E-state index in [0.29, 0.717) is 0 Å². The van der Waals surface area contributed by atoms with Gasteiger partial charge in [0.15, 0.2) is 0 Å². The fourth-order valence-electron chi connectivity index (χ4n) is 1.12. The first-order valence-electron chi connectivity index (χ1n) is 2.94. The van der Waals surface area contributed by atoms with Crippen molar-refractivity contribution in [3.8, 4) is 0 Å². The highest BCUT2D eigenvalue weighted by Crippen LogP contribution is 2.31. The van der Waals surface area contributed by atoms with Gasteiger partial charge in [0.25, 0.3) is 0 Å². The van der Waals surface area contributed by atoms with E-state index >= 15 is 0 Å². The Hall–Kier alpha value is -0.100. The zero-order valence-electron chi connectivity index (χ0n) is 4.67. The minimum atomic E-state index is -2.10. The predicted molar refractivity (Wildman–Crippen MR) is 30.5 cm³/mol. The van der Waals surface area contributed by atoms with E-state index in [0.717, 1.165) is 25.7 Å². The van der Waals surface area contributed by atoms with Crippen molar-refractivity contribution in [1.82, 2.24) is 0 Å². The summed E-state index contributed by atoms with van der Waals surface area (Å²) in [6.45, 7) is 0. The minimum absolute atomic E-state index is 0.0185. The first kappa shape index (κ1) is 6.03. The Morgan fingerprint density at radius 3 is 1.88 bits per heavy atom. The average Bonchev–Trinajstić information content (AvgIpc) is 2.12. The molecule has 0 unspecified atom stereocenters. The zero-order chi connectivity index (χ0) is 5.98. The second kappa shape index (κ2) is 2.45. The van der Waals surface area contributed by atoms with E-state index in [1.54, 1.807) is 0 Å². The normalized spacial score (nSPS) is 21.5. The molecule has 1 aliphatic carbocycles. The van der Waals surface area contributed by atoms with Crippen molar-refractivity contribution in [3.05, 3.63) is 0 Å². The van der Waals surface area contributed by atoms with E-state index in [-0.39, 0.29) is 5.66 Å². The summed E-state index contributed by atoms with van der Waals surface area (Å²) >= 11 is 0. The molecular formula is C5H9O2P. The van der Waals surface area contributed by atoms with Crippen molar-refractivity contribution >= 4 is 7.68 Å². The lowest BCUT2D eigenvalue weighted by atomic mass is 10.4. The topological polar surface area (TPSA) is 34.1 Å². The summed E-state index contributed by atoms with van der Waals surface area (Å²) in [7, 11) is -2.10. The second-order valence-electron chi connectivity index (χ2n) is 2.22. The lowest BCUT2D eigenvalue weighted by Crippen LogP contribution is -1.86. The maximum Gasteiger partial charge on any atom is 0.318 e. The summed E-state index contributed by atoms with van der Waals surface area (Å²) < 4.78 is 20.5. The van der Waals surface area contributed by atoms with Crippen LogP contribution in [0.3, 0.4) is 0 Å². The van der Waals surface area contributed by atoms with E-state index in [4.69, 9.17) is 0 Å². The third-order valence-electron chi connectivity index (χ3n) is 1.62. The molecule has 0 bridgehead atoms. The Morgan fingerprint density at radius 2 is 1.62 bits per heavy atom. The first-order chi connectivity index (χ1) is 3.80. The molecule has 0 radical (unpaired) electrons. The largest absolute Gasteiger partial charge is 0.318 e. The number of hydrogen-bond acceptors (Lipinski definition) is 2. The standard InChI is InChI=1S/C5H9O2P/c6-8(7)5-3-1-2-4-5/h5H,1-4H2. The highest BCUT2D eigenvalue weighted by Gasteiger charge is 2.18. The predicted octanol–water partition coefficient (Wildman–Crippen LogP) is 2.10. The van der Waals surface area contributed by atoms with Gasteiger partial charge in [0.2, 0.25) is 0 Å². The lowest BCUT2D eigenvalue weighted by Gasteiger charge is -1.89. The summed E-state index contributed by atoms with van der Waals surface area (Å²) in [5, 5.41) is 0. The van der Waals surface area contributed by atoms with Gasteiger partial charge in [-0.05, 0) is 12.8 Å². The summed E-state index contributed by atoms with van der Waals surface area (Å²) in [5.41, 5.74) is 0.0185. The number of rotatable bonds is 1. The Kier molecular flexibility index (Phi) is 1.85. The molecule has 0 N–H and O–H groups in total. The van der Waals surface area contributed by atoms with Gasteiger partial charge in [-0.3, -0.25) is 0 Å². The summed E-state index contributed by atoms with van der Waals surface area (Å²) in [6, 6.07) is 0. The van der Waals surface area contributed by atoms with Crippen molar-refractivity contribution in [1.29, 1.82) is 0 Å². The molecule has 2 nitrogen and oxygen atoms in total. The average molecular weight is 132 g/mol. The molecule has 0 spiro atoms. The van der Waals surface area contributed by atoms with Crippen LogP contribution in [0.25, 0.3) is 0 Å². The van der Waals surface area contributed by atoms with Gasteiger partial charge >= 0.3 is 7.68 Å². The molecule has 3 heteroatoms. The summed E-state index contributed by atoms with van der Waals surface area (Å²) in [5.74, 6) is 0. The van der Waals surface area contributed by atoms with Gasteiger partial charge < -0.3 is 0 Å². The monoisotopic (exact) mass is 132 g/mol. The maximum absolute atomic E-state index is 10.2. The van der Waals surface area contributed by atoms with Gasteiger partial charge in [-0.2, -0.15) is 0 Å². The van der Waals surface area contributed by atoms with E-state index in [9.17, 15) is 9.13 Å². The van der Waals surface area contributed by atoms with Crippen LogP contribution in [-0.4, -0.2) is 5.66 Å². The molecule has 46 valence electrons. The molecule has 0 saturated heterocycles. The quantitative estimate of drug-likeness (QED) is 0.512. The molecule has 1 fully saturated rings. The van der Waals surface area contributed by atoms with Crippen LogP contribution in [0.1, 0.15) is 25.7 Å².